The molecule has 0 unspecified atom stereocenters. The van der Waals surface area contributed by atoms with E-state index in [9.17, 15) is 0 Å². The van der Waals surface area contributed by atoms with Gasteiger partial charge in [0.15, 0.2) is 17.5 Å². The maximum atomic E-state index is 5.24. The molecule has 0 bridgehead atoms. The van der Waals surface area contributed by atoms with Crippen molar-refractivity contribution in [1.29, 1.82) is 0 Å². The van der Waals surface area contributed by atoms with Crippen LogP contribution in [0.25, 0.3) is 115 Å². The summed E-state index contributed by atoms with van der Waals surface area (Å²) in [7, 11) is 0. The Kier molecular flexibility index (Phi) is 8.65. The van der Waals surface area contributed by atoms with E-state index in [0.29, 0.717) is 17.5 Å². The fourth-order valence-corrected chi connectivity index (χ4v) is 10.0. The molecule has 0 atom stereocenters. The lowest BCUT2D eigenvalue weighted by molar-refractivity contribution is 1.07. The van der Waals surface area contributed by atoms with Gasteiger partial charge < -0.3 is 4.57 Å². The van der Waals surface area contributed by atoms with Crippen LogP contribution in [0, 0.1) is 0 Å². The summed E-state index contributed by atoms with van der Waals surface area (Å²) in [5.41, 5.74) is 13.2. The Morgan fingerprint density at radius 2 is 0.839 bits per heavy atom. The molecule has 0 fully saturated rings. The zero-order valence-electron chi connectivity index (χ0n) is 33.5. The van der Waals surface area contributed by atoms with Crippen molar-refractivity contribution in [1.82, 2.24) is 19.5 Å². The second-order valence-electron chi connectivity index (χ2n) is 15.6. The Hall–Kier alpha value is -7.99. The number of hydrogen-bond donors (Lipinski definition) is 0. The van der Waals surface area contributed by atoms with Crippen LogP contribution in [0.4, 0.5) is 0 Å². The Morgan fingerprint density at radius 3 is 1.56 bits per heavy atom. The molecule has 0 amide bonds. The quantitative estimate of drug-likeness (QED) is 0.161. The van der Waals surface area contributed by atoms with Gasteiger partial charge >= 0.3 is 0 Å². The van der Waals surface area contributed by atoms with Crippen molar-refractivity contribution in [2.45, 2.75) is 0 Å². The minimum absolute atomic E-state index is 0.618. The summed E-state index contributed by atoms with van der Waals surface area (Å²) in [5.74, 6) is 1.87. The summed E-state index contributed by atoms with van der Waals surface area (Å²) in [4.78, 5) is 15.5. The zero-order valence-corrected chi connectivity index (χ0v) is 34.3. The minimum Gasteiger partial charge on any atom is -0.309 e. The van der Waals surface area contributed by atoms with Crippen LogP contribution in [0.5, 0.6) is 0 Å². The van der Waals surface area contributed by atoms with Gasteiger partial charge in [0.25, 0.3) is 0 Å². The third-order valence-electron chi connectivity index (χ3n) is 11.8. The molecule has 0 aliphatic heterocycles. The average Bonchev–Trinajstić information content (AvgIpc) is 3.90. The first-order chi connectivity index (χ1) is 30.7. The van der Waals surface area contributed by atoms with E-state index in [1.54, 1.807) is 0 Å². The van der Waals surface area contributed by atoms with Crippen LogP contribution in [-0.2, 0) is 0 Å². The van der Waals surface area contributed by atoms with Gasteiger partial charge in [-0.25, -0.2) is 15.0 Å². The number of benzene rings is 9. The predicted octanol–water partition coefficient (Wildman–Crippen LogP) is 15.3. The molecule has 0 saturated carbocycles. The molecule has 62 heavy (non-hydrogen) atoms. The van der Waals surface area contributed by atoms with Gasteiger partial charge in [-0.3, -0.25) is 0 Å². The molecule has 290 valence electrons. The SMILES string of the molecule is c1ccc(-c2ccc3sc4cccc(-c5cccc(-c6nc(-c7ccccc7)nc(-c7cccc(-n8c9ccccc9c9cc(-c%10ccccc%10)ccc98)c7)n6)c5)c4c3c2)cc1. The van der Waals surface area contributed by atoms with Crippen molar-refractivity contribution in [2.24, 2.45) is 0 Å². The van der Waals surface area contributed by atoms with Gasteiger partial charge in [-0.05, 0) is 88.0 Å². The van der Waals surface area contributed by atoms with Gasteiger partial charge in [0, 0.05) is 53.3 Å². The third kappa shape index (κ3) is 6.26. The van der Waals surface area contributed by atoms with Crippen LogP contribution in [0.3, 0.4) is 0 Å². The van der Waals surface area contributed by atoms with Crippen LogP contribution in [0.15, 0.2) is 218 Å². The Labute approximate surface area is 362 Å². The number of hydrogen-bond acceptors (Lipinski definition) is 4. The molecule has 4 nitrogen and oxygen atoms in total. The Balaban J connectivity index is 0.989. The first-order valence-electron chi connectivity index (χ1n) is 20.8. The number of rotatable bonds is 7. The van der Waals surface area contributed by atoms with Crippen molar-refractivity contribution >= 4 is 53.3 Å². The second-order valence-corrected chi connectivity index (χ2v) is 16.7. The summed E-state index contributed by atoms with van der Waals surface area (Å²) in [6, 6.07) is 77.5. The van der Waals surface area contributed by atoms with Crippen molar-refractivity contribution in [3.8, 4) is 73.2 Å². The molecule has 0 aliphatic rings. The maximum Gasteiger partial charge on any atom is 0.164 e. The Morgan fingerprint density at radius 1 is 0.306 bits per heavy atom. The van der Waals surface area contributed by atoms with Gasteiger partial charge in [-0.1, -0.05) is 164 Å². The van der Waals surface area contributed by atoms with Crippen molar-refractivity contribution in [3.05, 3.63) is 218 Å². The molecular weight excluding hydrogens is 773 g/mol. The van der Waals surface area contributed by atoms with Gasteiger partial charge in [-0.15, -0.1) is 11.3 Å². The summed E-state index contributed by atoms with van der Waals surface area (Å²) in [6.07, 6.45) is 0. The number of aromatic nitrogens is 4. The first-order valence-corrected chi connectivity index (χ1v) is 21.7. The van der Waals surface area contributed by atoms with E-state index in [1.807, 2.05) is 29.5 Å². The topological polar surface area (TPSA) is 43.6 Å². The molecule has 0 aliphatic carbocycles. The maximum absolute atomic E-state index is 5.24. The van der Waals surface area contributed by atoms with Crippen molar-refractivity contribution in [2.75, 3.05) is 0 Å². The molecule has 0 radical (unpaired) electrons. The minimum atomic E-state index is 0.618. The monoisotopic (exact) mass is 808 g/mol. The van der Waals surface area contributed by atoms with E-state index in [2.05, 4.69) is 205 Å². The standard InChI is InChI=1S/C57H36N4S/c1-4-15-37(16-5-1)40-29-31-51-48(35-40)47-25-10-11-27-50(47)61(51)45-24-13-23-44(34-45)57-59-55(39-19-8-3-9-20-39)58-56(60-57)43-22-12-21-42(33-43)46-26-14-28-53-54(46)49-36-41(30-32-52(49)62-53)38-17-6-2-7-18-38/h1-36H. The highest BCUT2D eigenvalue weighted by atomic mass is 32.1. The van der Waals surface area contributed by atoms with E-state index < -0.39 is 0 Å². The number of thiophene rings is 1. The zero-order chi connectivity index (χ0) is 41.0. The first kappa shape index (κ1) is 35.9. The van der Waals surface area contributed by atoms with Crippen LogP contribution in [0.1, 0.15) is 0 Å². The lowest BCUT2D eigenvalue weighted by atomic mass is 9.96. The lowest BCUT2D eigenvalue weighted by Crippen LogP contribution is -2.01. The summed E-state index contributed by atoms with van der Waals surface area (Å²) in [5, 5.41) is 4.95. The molecule has 12 rings (SSSR count). The van der Waals surface area contributed by atoms with Crippen LogP contribution < -0.4 is 0 Å². The molecule has 0 spiro atoms. The van der Waals surface area contributed by atoms with Crippen molar-refractivity contribution in [3.63, 3.8) is 0 Å². The summed E-state index contributed by atoms with van der Waals surface area (Å²) in [6.45, 7) is 0. The van der Waals surface area contributed by atoms with Gasteiger partial charge in [0.05, 0.1) is 11.0 Å². The highest BCUT2D eigenvalue weighted by Crippen LogP contribution is 2.42. The second kappa shape index (κ2) is 14.9. The summed E-state index contributed by atoms with van der Waals surface area (Å²) >= 11 is 1.84. The molecule has 12 aromatic rings. The molecule has 5 heteroatoms. The fraction of sp³-hybridized carbons (Fsp3) is 0. The third-order valence-corrected chi connectivity index (χ3v) is 13.0. The van der Waals surface area contributed by atoms with E-state index in [-0.39, 0.29) is 0 Å². The van der Waals surface area contributed by atoms with E-state index in [1.165, 1.54) is 58.8 Å². The van der Waals surface area contributed by atoms with Gasteiger partial charge in [-0.2, -0.15) is 0 Å². The van der Waals surface area contributed by atoms with E-state index in [4.69, 9.17) is 15.0 Å². The molecule has 0 N–H and O–H groups in total. The number of nitrogens with zero attached hydrogens (tertiary/aromatic N) is 4. The van der Waals surface area contributed by atoms with Gasteiger partial charge in [0.2, 0.25) is 0 Å². The molecule has 3 heterocycles. The molecule has 9 aromatic carbocycles. The normalized spacial score (nSPS) is 11.5. The molecule has 3 aromatic heterocycles. The molecule has 0 saturated heterocycles. The van der Waals surface area contributed by atoms with Crippen LogP contribution >= 0.6 is 11.3 Å². The lowest BCUT2D eigenvalue weighted by Gasteiger charge is -2.12. The molecular formula is C57H36N4S. The van der Waals surface area contributed by atoms with Crippen LogP contribution in [0.2, 0.25) is 0 Å². The highest BCUT2D eigenvalue weighted by molar-refractivity contribution is 7.26. The van der Waals surface area contributed by atoms with Crippen LogP contribution in [-0.4, -0.2) is 19.5 Å². The smallest absolute Gasteiger partial charge is 0.164 e. The highest BCUT2D eigenvalue weighted by Gasteiger charge is 2.18. The number of fused-ring (bicyclic) bond motifs is 6. The largest absolute Gasteiger partial charge is 0.309 e. The van der Waals surface area contributed by atoms with E-state index >= 15 is 0 Å². The number of para-hydroxylation sites is 1. The van der Waals surface area contributed by atoms with Gasteiger partial charge in [0.1, 0.15) is 0 Å². The van der Waals surface area contributed by atoms with Crippen molar-refractivity contribution < 1.29 is 0 Å². The van der Waals surface area contributed by atoms with E-state index in [0.717, 1.165) is 39.0 Å². The summed E-state index contributed by atoms with van der Waals surface area (Å²) < 4.78 is 4.89. The fourth-order valence-electron chi connectivity index (χ4n) is 8.90. The average molecular weight is 809 g/mol. The predicted molar refractivity (Wildman–Crippen MR) is 260 cm³/mol. The Bertz CT molecular complexity index is 3630.